The lowest BCUT2D eigenvalue weighted by molar-refractivity contribution is -0.151. The molecular weight excluding hydrogens is 700 g/mol. The van der Waals surface area contributed by atoms with Gasteiger partial charge in [-0.05, 0) is 43.9 Å². The van der Waals surface area contributed by atoms with Crippen LogP contribution in [0, 0.1) is 0 Å². The minimum absolute atomic E-state index is 0.00542. The highest BCUT2D eigenvalue weighted by Crippen LogP contribution is 2.18. The van der Waals surface area contributed by atoms with Gasteiger partial charge in [-0.2, -0.15) is 0 Å². The third-order valence-corrected chi connectivity index (χ3v) is 9.25. The molecule has 4 atom stereocenters. The van der Waals surface area contributed by atoms with Gasteiger partial charge in [-0.1, -0.05) is 12.1 Å². The number of carbonyl (C=O) groups excluding carboxylic acids is 1. The number of aliphatic hydroxyl groups excluding tert-OH is 3. The number of esters is 1. The lowest BCUT2D eigenvalue weighted by Gasteiger charge is -2.39. The van der Waals surface area contributed by atoms with Crippen molar-refractivity contribution in [3.05, 3.63) is 29.8 Å². The van der Waals surface area contributed by atoms with Gasteiger partial charge in [0.15, 0.2) is 0 Å². The zero-order valence-corrected chi connectivity index (χ0v) is 30.8. The molecular formula is C35H58N4O14. The van der Waals surface area contributed by atoms with Crippen LogP contribution in [0.3, 0.4) is 0 Å². The number of methoxy groups -OCH3 is 1. The van der Waals surface area contributed by atoms with Crippen LogP contribution in [0.15, 0.2) is 24.3 Å². The molecule has 0 saturated carbocycles. The van der Waals surface area contributed by atoms with E-state index in [-0.39, 0.29) is 58.8 Å². The summed E-state index contributed by atoms with van der Waals surface area (Å²) in [5.74, 6) is -3.76. The highest BCUT2D eigenvalue weighted by atomic mass is 16.5. The molecule has 0 amide bonds. The summed E-state index contributed by atoms with van der Waals surface area (Å²) in [5.41, 5.74) is 0.976. The van der Waals surface area contributed by atoms with Gasteiger partial charge >= 0.3 is 23.9 Å². The van der Waals surface area contributed by atoms with Gasteiger partial charge in [0.25, 0.3) is 0 Å². The van der Waals surface area contributed by atoms with Gasteiger partial charge in [-0.25, -0.2) is 0 Å². The molecule has 18 heteroatoms. The second-order valence-corrected chi connectivity index (χ2v) is 12.5. The van der Waals surface area contributed by atoms with Crippen molar-refractivity contribution in [1.82, 2.24) is 19.6 Å². The number of carboxylic acid groups (broad SMARTS) is 3. The number of nitrogens with zero attached hydrogens (tertiary/aromatic N) is 4. The van der Waals surface area contributed by atoms with Crippen LogP contribution in [0.25, 0.3) is 0 Å². The number of rotatable bonds is 23. The second-order valence-electron chi connectivity index (χ2n) is 12.5. The topological polar surface area (TPSA) is 240 Å². The normalized spacial score (nSPS) is 18.2. The van der Waals surface area contributed by atoms with Gasteiger partial charge in [0, 0.05) is 59.0 Å². The van der Waals surface area contributed by atoms with E-state index in [1.54, 1.807) is 9.80 Å². The number of hydrogen-bond acceptors (Lipinski definition) is 15. The Morgan fingerprint density at radius 2 is 1.04 bits per heavy atom. The largest absolute Gasteiger partial charge is 0.491 e. The third-order valence-electron chi connectivity index (χ3n) is 9.25. The maximum Gasteiger partial charge on any atom is 0.325 e. The Bertz CT molecular complexity index is 1230. The fraction of sp³-hybridized carbons (Fsp3) is 0.714. The van der Waals surface area contributed by atoms with Gasteiger partial charge in [-0.15, -0.1) is 0 Å². The van der Waals surface area contributed by atoms with Crippen LogP contribution in [0.4, 0.5) is 0 Å². The summed E-state index contributed by atoms with van der Waals surface area (Å²) in [4.78, 5) is 55.7. The quantitative estimate of drug-likeness (QED) is 0.0552. The Morgan fingerprint density at radius 1 is 0.623 bits per heavy atom. The zero-order chi connectivity index (χ0) is 39.2. The van der Waals surface area contributed by atoms with Gasteiger partial charge < -0.3 is 49.6 Å². The van der Waals surface area contributed by atoms with Crippen LogP contribution in [0.5, 0.6) is 5.75 Å². The van der Waals surface area contributed by atoms with E-state index < -0.39 is 67.9 Å². The number of aliphatic carboxylic acids is 3. The number of ether oxygens (including phenoxy) is 4. The monoisotopic (exact) mass is 758 g/mol. The van der Waals surface area contributed by atoms with Crippen molar-refractivity contribution in [2.75, 3.05) is 112 Å². The number of carboxylic acids is 3. The third kappa shape index (κ3) is 15.8. The van der Waals surface area contributed by atoms with Gasteiger partial charge in [0.05, 0.1) is 46.8 Å². The molecule has 2 rings (SSSR count). The molecule has 1 aliphatic rings. The average molecular weight is 759 g/mol. The molecule has 6 N–H and O–H groups in total. The van der Waals surface area contributed by atoms with Gasteiger partial charge in [0.1, 0.15) is 36.5 Å². The molecule has 1 aromatic carbocycles. The summed E-state index contributed by atoms with van der Waals surface area (Å²) in [6.07, 6.45) is 1.31. The first-order valence-electron chi connectivity index (χ1n) is 17.9. The van der Waals surface area contributed by atoms with Gasteiger partial charge in [0.2, 0.25) is 0 Å². The lowest BCUT2D eigenvalue weighted by atomic mass is 10.0. The summed E-state index contributed by atoms with van der Waals surface area (Å²) < 4.78 is 21.3. The Morgan fingerprint density at radius 3 is 1.45 bits per heavy atom. The van der Waals surface area contributed by atoms with E-state index in [4.69, 9.17) is 18.9 Å². The maximum atomic E-state index is 12.7. The van der Waals surface area contributed by atoms with Crippen LogP contribution in [0.2, 0.25) is 0 Å². The van der Waals surface area contributed by atoms with Crippen molar-refractivity contribution in [1.29, 1.82) is 0 Å². The second kappa shape index (κ2) is 25.5. The van der Waals surface area contributed by atoms with Crippen molar-refractivity contribution in [2.24, 2.45) is 0 Å². The molecule has 0 unspecified atom stereocenters. The molecule has 0 aromatic heterocycles. The van der Waals surface area contributed by atoms with Crippen molar-refractivity contribution in [3.8, 4) is 5.75 Å². The molecule has 1 heterocycles. The molecule has 302 valence electrons. The van der Waals surface area contributed by atoms with Crippen LogP contribution in [-0.2, 0) is 39.8 Å². The Kier molecular flexibility index (Phi) is 22.0. The van der Waals surface area contributed by atoms with E-state index in [0.29, 0.717) is 51.6 Å². The van der Waals surface area contributed by atoms with E-state index >= 15 is 0 Å². The standard InChI is InChI=1S/C35H58N4O14/c1-3-51-19-20-52-21-22-53-27-9-7-26(8-10-27)5-4-6-28(32(43)44)36-11-13-37(29(23-40)33(45)46)14-15-38(30(24-41)34(47)48)16-18-39(17-12-36)31(25-42)35(49)50-2/h7-10,28-31,40-42H,3-6,11-25H2,1-2H3,(H,43,44)(H,45,46)(H,47,48)/t28-,29+,30+,31+/m0/s1. The van der Waals surface area contributed by atoms with E-state index in [9.17, 15) is 49.8 Å². The summed E-state index contributed by atoms with van der Waals surface area (Å²) in [7, 11) is 1.17. The van der Waals surface area contributed by atoms with Crippen molar-refractivity contribution in [2.45, 2.75) is 50.4 Å². The van der Waals surface area contributed by atoms with Crippen LogP contribution >= 0.6 is 0 Å². The summed E-state index contributed by atoms with van der Waals surface area (Å²) in [6, 6.07) is 2.65. The number of aliphatic hydroxyl groups is 3. The summed E-state index contributed by atoms with van der Waals surface area (Å²) >= 11 is 0. The first kappa shape index (κ1) is 45.7. The zero-order valence-electron chi connectivity index (χ0n) is 30.8. The molecule has 53 heavy (non-hydrogen) atoms. The van der Waals surface area contributed by atoms with Crippen molar-refractivity contribution in [3.63, 3.8) is 0 Å². The molecule has 0 spiro atoms. The highest BCUT2D eigenvalue weighted by Gasteiger charge is 2.34. The Hall–Kier alpha value is -3.46. The van der Waals surface area contributed by atoms with E-state index in [1.807, 2.05) is 31.2 Å². The van der Waals surface area contributed by atoms with Crippen LogP contribution in [0.1, 0.15) is 25.3 Å². The predicted octanol–water partition coefficient (Wildman–Crippen LogP) is -1.46. The molecule has 1 aliphatic heterocycles. The number of benzene rings is 1. The fourth-order valence-electron chi connectivity index (χ4n) is 6.19. The smallest absolute Gasteiger partial charge is 0.325 e. The van der Waals surface area contributed by atoms with E-state index in [1.165, 1.54) is 16.9 Å². The summed E-state index contributed by atoms with van der Waals surface area (Å²) in [6.45, 7) is 2.43. The predicted molar refractivity (Wildman–Crippen MR) is 190 cm³/mol. The lowest BCUT2D eigenvalue weighted by Crippen LogP contribution is -2.57. The SMILES string of the molecule is CCOCCOCCOc1ccc(CCC[C@@H](C(=O)O)N2CCN([C@H](CO)C(=O)O)CCN([C@H](CO)C(=O)O)CCN([C@H](CO)C(=O)OC)CC2)cc1. The number of aryl methyl sites for hydroxylation is 1. The van der Waals surface area contributed by atoms with Crippen molar-refractivity contribution >= 4 is 23.9 Å². The molecule has 0 radical (unpaired) electrons. The summed E-state index contributed by atoms with van der Waals surface area (Å²) in [5, 5.41) is 60.1. The van der Waals surface area contributed by atoms with Crippen LogP contribution in [-0.4, -0.2) is 211 Å². The minimum atomic E-state index is -1.35. The molecule has 18 nitrogen and oxygen atoms in total. The van der Waals surface area contributed by atoms with Gasteiger partial charge in [-0.3, -0.25) is 38.8 Å². The number of hydrogen-bond donors (Lipinski definition) is 6. The molecule has 0 bridgehead atoms. The molecule has 1 aromatic rings. The Labute approximate surface area is 310 Å². The van der Waals surface area contributed by atoms with E-state index in [0.717, 1.165) is 5.56 Å². The molecule has 1 saturated heterocycles. The van der Waals surface area contributed by atoms with Crippen LogP contribution < -0.4 is 4.74 Å². The first-order valence-corrected chi connectivity index (χ1v) is 17.9. The highest BCUT2D eigenvalue weighted by molar-refractivity contribution is 5.76. The van der Waals surface area contributed by atoms with Crippen molar-refractivity contribution < 1.29 is 68.8 Å². The average Bonchev–Trinajstić information content (AvgIpc) is 3.13. The molecule has 1 fully saturated rings. The number of carbonyl (C=O) groups is 4. The minimum Gasteiger partial charge on any atom is -0.491 e. The first-order chi connectivity index (χ1) is 25.5. The maximum absolute atomic E-state index is 12.7. The molecule has 0 aliphatic carbocycles. The Balaban J connectivity index is 2.25. The van der Waals surface area contributed by atoms with E-state index in [2.05, 4.69) is 0 Å². The fourth-order valence-corrected chi connectivity index (χ4v) is 6.19.